The highest BCUT2D eigenvalue weighted by molar-refractivity contribution is 6.02. The molecule has 148 valence electrons. The largest absolute Gasteiger partial charge is 0.491 e. The Bertz CT molecular complexity index is 836. The van der Waals surface area contributed by atoms with Crippen molar-refractivity contribution in [3.05, 3.63) is 41.9 Å². The monoisotopic (exact) mass is 384 g/mol. The van der Waals surface area contributed by atoms with E-state index in [1.165, 1.54) is 12.3 Å². The summed E-state index contributed by atoms with van der Waals surface area (Å²) in [5.41, 5.74) is 1.49. The van der Waals surface area contributed by atoms with Crippen molar-refractivity contribution in [2.75, 3.05) is 37.9 Å². The lowest BCUT2D eigenvalue weighted by atomic mass is 10.1. The van der Waals surface area contributed by atoms with Gasteiger partial charge in [-0.15, -0.1) is 0 Å². The zero-order valence-electron chi connectivity index (χ0n) is 16.2. The van der Waals surface area contributed by atoms with Crippen LogP contribution in [0, 0.1) is 6.92 Å². The Kier molecular flexibility index (Phi) is 7.58. The van der Waals surface area contributed by atoms with Crippen molar-refractivity contribution in [3.8, 4) is 5.75 Å². The second kappa shape index (κ2) is 10.1. The maximum Gasteiger partial charge on any atom is 0.324 e. The number of hydrogen-bond acceptors (Lipinski definition) is 6. The minimum Gasteiger partial charge on any atom is -0.491 e. The fourth-order valence-electron chi connectivity index (χ4n) is 2.26. The summed E-state index contributed by atoms with van der Waals surface area (Å²) < 4.78 is 5.78. The van der Waals surface area contributed by atoms with Gasteiger partial charge in [-0.2, -0.15) is 0 Å². The van der Waals surface area contributed by atoms with Gasteiger partial charge in [0.15, 0.2) is 5.82 Å². The van der Waals surface area contributed by atoms with Crippen LogP contribution in [0.15, 0.2) is 35.6 Å². The highest BCUT2D eigenvalue weighted by atomic mass is 16.5. The second-order valence-electron chi connectivity index (χ2n) is 6.30. The Hall–Kier alpha value is -3.33. The summed E-state index contributed by atoms with van der Waals surface area (Å²) in [5, 5.41) is 5.29. The number of aliphatic imine (C=N–C) groups is 1. The predicted octanol–water partition coefficient (Wildman–Crippen LogP) is 2.60. The standard InChI is InChI=1S/C19H24N6O3/c1-13-11-22-17(12-21-13)24-19(27)23-15-7-6-14(18(26)20-2)10-16(15)28-9-5-8-25(3)4/h6-7,10-12H,2,5,8-9H2,1,3-4H3,(H2,22,23,24,27). The van der Waals surface area contributed by atoms with Gasteiger partial charge >= 0.3 is 6.03 Å². The van der Waals surface area contributed by atoms with Gasteiger partial charge in [-0.1, -0.05) is 0 Å². The molecule has 2 rings (SSSR count). The van der Waals surface area contributed by atoms with Gasteiger partial charge in [0.05, 0.1) is 30.4 Å². The van der Waals surface area contributed by atoms with Crippen molar-refractivity contribution < 1.29 is 14.3 Å². The van der Waals surface area contributed by atoms with Gasteiger partial charge in [-0.05, 0) is 52.4 Å². The van der Waals surface area contributed by atoms with E-state index in [1.807, 2.05) is 19.0 Å². The molecule has 0 unspecified atom stereocenters. The molecule has 0 saturated carbocycles. The SMILES string of the molecule is C=NC(=O)c1ccc(NC(=O)Nc2cnc(C)cn2)c(OCCCN(C)C)c1. The topological polar surface area (TPSA) is 109 Å². The van der Waals surface area contributed by atoms with Gasteiger partial charge in [0, 0.05) is 12.1 Å². The zero-order valence-corrected chi connectivity index (χ0v) is 16.2. The van der Waals surface area contributed by atoms with Crippen LogP contribution in [0.5, 0.6) is 5.75 Å². The highest BCUT2D eigenvalue weighted by Crippen LogP contribution is 2.27. The average molecular weight is 384 g/mol. The third kappa shape index (κ3) is 6.44. The number of carbonyl (C=O) groups excluding carboxylic acids is 2. The first-order valence-corrected chi connectivity index (χ1v) is 8.68. The van der Waals surface area contributed by atoms with E-state index < -0.39 is 11.9 Å². The van der Waals surface area contributed by atoms with Crippen LogP contribution in [-0.4, -0.2) is 60.8 Å². The van der Waals surface area contributed by atoms with E-state index in [1.54, 1.807) is 25.3 Å². The van der Waals surface area contributed by atoms with Crippen LogP contribution >= 0.6 is 0 Å². The average Bonchev–Trinajstić information content (AvgIpc) is 2.67. The van der Waals surface area contributed by atoms with E-state index in [4.69, 9.17) is 4.74 Å². The molecule has 0 spiro atoms. The second-order valence-corrected chi connectivity index (χ2v) is 6.30. The Balaban J connectivity index is 2.11. The molecule has 0 radical (unpaired) electrons. The summed E-state index contributed by atoms with van der Waals surface area (Å²) in [6.07, 6.45) is 3.80. The number of benzene rings is 1. The minimum absolute atomic E-state index is 0.319. The number of ether oxygens (including phenoxy) is 1. The first-order valence-electron chi connectivity index (χ1n) is 8.68. The molecule has 3 amide bonds. The lowest BCUT2D eigenvalue weighted by Gasteiger charge is -2.15. The molecule has 0 fully saturated rings. The molecule has 0 bridgehead atoms. The van der Waals surface area contributed by atoms with Crippen LogP contribution in [0.2, 0.25) is 0 Å². The number of rotatable bonds is 8. The van der Waals surface area contributed by atoms with Crippen LogP contribution in [0.25, 0.3) is 0 Å². The number of nitrogens with zero attached hydrogens (tertiary/aromatic N) is 4. The minimum atomic E-state index is -0.503. The van der Waals surface area contributed by atoms with Crippen LogP contribution in [0.4, 0.5) is 16.3 Å². The summed E-state index contributed by atoms with van der Waals surface area (Å²) in [6.45, 7) is 6.33. The summed E-state index contributed by atoms with van der Waals surface area (Å²) >= 11 is 0. The number of anilines is 2. The number of urea groups is 1. The molecule has 0 aliphatic heterocycles. The van der Waals surface area contributed by atoms with Crippen LogP contribution in [0.3, 0.4) is 0 Å². The van der Waals surface area contributed by atoms with E-state index in [0.29, 0.717) is 29.4 Å². The first-order chi connectivity index (χ1) is 13.4. The molecule has 0 atom stereocenters. The number of nitrogens with one attached hydrogen (secondary N) is 2. The van der Waals surface area contributed by atoms with E-state index in [0.717, 1.165) is 18.7 Å². The van der Waals surface area contributed by atoms with Gasteiger partial charge in [0.25, 0.3) is 5.91 Å². The predicted molar refractivity (Wildman–Crippen MR) is 108 cm³/mol. The smallest absolute Gasteiger partial charge is 0.324 e. The third-order valence-electron chi connectivity index (χ3n) is 3.65. The van der Waals surface area contributed by atoms with Gasteiger partial charge in [-0.25, -0.2) is 14.8 Å². The molecular formula is C19H24N6O3. The van der Waals surface area contributed by atoms with E-state index in [9.17, 15) is 9.59 Å². The zero-order chi connectivity index (χ0) is 20.5. The molecular weight excluding hydrogens is 360 g/mol. The molecule has 0 saturated heterocycles. The number of aromatic nitrogens is 2. The maximum absolute atomic E-state index is 12.3. The molecule has 0 aliphatic rings. The number of amides is 3. The van der Waals surface area contributed by atoms with Crippen LogP contribution in [-0.2, 0) is 0 Å². The van der Waals surface area contributed by atoms with Crippen LogP contribution < -0.4 is 15.4 Å². The normalized spacial score (nSPS) is 10.4. The van der Waals surface area contributed by atoms with Gasteiger partial charge in [0.2, 0.25) is 0 Å². The first kappa shape index (κ1) is 21.0. The molecule has 9 heteroatoms. The molecule has 9 nitrogen and oxygen atoms in total. The van der Waals surface area contributed by atoms with Crippen molar-refractivity contribution in [3.63, 3.8) is 0 Å². The molecule has 0 aliphatic carbocycles. The van der Waals surface area contributed by atoms with Crippen LogP contribution in [0.1, 0.15) is 22.5 Å². The van der Waals surface area contributed by atoms with Gasteiger partial charge in [0.1, 0.15) is 5.75 Å². The number of hydrogen-bond donors (Lipinski definition) is 2. The maximum atomic E-state index is 12.3. The van der Waals surface area contributed by atoms with E-state index in [-0.39, 0.29) is 0 Å². The van der Waals surface area contributed by atoms with E-state index >= 15 is 0 Å². The molecule has 2 aromatic rings. The van der Waals surface area contributed by atoms with Gasteiger partial charge < -0.3 is 15.0 Å². The number of aryl methyl sites for hydroxylation is 1. The highest BCUT2D eigenvalue weighted by Gasteiger charge is 2.13. The summed E-state index contributed by atoms with van der Waals surface area (Å²) in [4.78, 5) is 37.6. The summed E-state index contributed by atoms with van der Waals surface area (Å²) in [7, 11) is 3.95. The van der Waals surface area contributed by atoms with Gasteiger partial charge in [-0.3, -0.25) is 15.1 Å². The lowest BCUT2D eigenvalue weighted by Crippen LogP contribution is -2.21. The van der Waals surface area contributed by atoms with Crippen molar-refractivity contribution in [2.45, 2.75) is 13.3 Å². The Morgan fingerprint density at radius 1 is 1.21 bits per heavy atom. The van der Waals surface area contributed by atoms with E-state index in [2.05, 4.69) is 32.3 Å². The third-order valence-corrected chi connectivity index (χ3v) is 3.65. The Labute approximate surface area is 163 Å². The lowest BCUT2D eigenvalue weighted by molar-refractivity contribution is 0.100. The summed E-state index contributed by atoms with van der Waals surface area (Å²) in [6, 6.07) is 4.16. The molecule has 1 aromatic carbocycles. The fraction of sp³-hybridized carbons (Fsp3) is 0.316. The summed E-state index contributed by atoms with van der Waals surface area (Å²) in [5.74, 6) is 0.224. The number of carbonyl (C=O) groups is 2. The molecule has 28 heavy (non-hydrogen) atoms. The molecule has 1 aromatic heterocycles. The van der Waals surface area contributed by atoms with Crippen molar-refractivity contribution in [2.24, 2.45) is 4.99 Å². The molecule has 1 heterocycles. The Morgan fingerprint density at radius 2 is 2.00 bits per heavy atom. The fourth-order valence-corrected chi connectivity index (χ4v) is 2.26. The van der Waals surface area contributed by atoms with Crippen molar-refractivity contribution >= 4 is 30.2 Å². The van der Waals surface area contributed by atoms with Crippen molar-refractivity contribution in [1.29, 1.82) is 0 Å². The van der Waals surface area contributed by atoms with Crippen molar-refractivity contribution in [1.82, 2.24) is 14.9 Å². The quantitative estimate of drug-likeness (QED) is 0.535. The Morgan fingerprint density at radius 3 is 2.64 bits per heavy atom. The molecule has 2 N–H and O–H groups in total.